The van der Waals surface area contributed by atoms with Crippen molar-refractivity contribution in [3.63, 3.8) is 0 Å². The maximum Gasteiger partial charge on any atom is 0.221 e. The van der Waals surface area contributed by atoms with Crippen LogP contribution in [0.25, 0.3) is 11.4 Å². The van der Waals surface area contributed by atoms with Gasteiger partial charge in [0.15, 0.2) is 5.82 Å². The minimum absolute atomic E-state index is 0.0341. The number of hydrogen-bond acceptors (Lipinski definition) is 5. The van der Waals surface area contributed by atoms with Gasteiger partial charge >= 0.3 is 0 Å². The van der Waals surface area contributed by atoms with Crippen molar-refractivity contribution in [1.82, 2.24) is 25.8 Å². The van der Waals surface area contributed by atoms with Crippen LogP contribution >= 0.6 is 0 Å². The van der Waals surface area contributed by atoms with Gasteiger partial charge in [0.1, 0.15) is 11.6 Å². The molecule has 2 aromatic rings. The van der Waals surface area contributed by atoms with Gasteiger partial charge in [-0.2, -0.15) is 5.10 Å². The predicted molar refractivity (Wildman–Crippen MR) is 85.9 cm³/mol. The Kier molecular flexibility index (Phi) is 4.87. The van der Waals surface area contributed by atoms with Crippen LogP contribution < -0.4 is 15.4 Å². The first-order chi connectivity index (χ1) is 11.2. The van der Waals surface area contributed by atoms with Crippen LogP contribution in [0.5, 0.6) is 5.75 Å². The molecule has 122 valence electrons. The van der Waals surface area contributed by atoms with E-state index in [9.17, 15) is 4.79 Å². The van der Waals surface area contributed by atoms with Crippen LogP contribution in [0.2, 0.25) is 0 Å². The second-order valence-corrected chi connectivity index (χ2v) is 5.61. The number of benzene rings is 1. The molecule has 0 bridgehead atoms. The average Bonchev–Trinajstić information content (AvgIpc) is 3.25. The lowest BCUT2D eigenvalue weighted by Gasteiger charge is -2.09. The molecule has 1 amide bonds. The SMILES string of the molecule is COc1ccc(-c2n[nH]c(CNC(=O)CC3CCCN3)n2)cc1. The highest BCUT2D eigenvalue weighted by atomic mass is 16.5. The largest absolute Gasteiger partial charge is 0.497 e. The molecule has 1 fully saturated rings. The normalized spacial score (nSPS) is 17.2. The van der Waals surface area contributed by atoms with Gasteiger partial charge in [0.25, 0.3) is 0 Å². The molecule has 3 N–H and O–H groups in total. The number of rotatable bonds is 6. The molecule has 0 aliphatic carbocycles. The molecular formula is C16H21N5O2. The second-order valence-electron chi connectivity index (χ2n) is 5.61. The van der Waals surface area contributed by atoms with Crippen molar-refractivity contribution in [2.24, 2.45) is 0 Å². The Balaban J connectivity index is 1.53. The van der Waals surface area contributed by atoms with Crippen LogP contribution in [0.3, 0.4) is 0 Å². The number of carbonyl (C=O) groups excluding carboxylic acids is 1. The lowest BCUT2D eigenvalue weighted by Crippen LogP contribution is -2.31. The molecule has 7 heteroatoms. The summed E-state index contributed by atoms with van der Waals surface area (Å²) in [5.74, 6) is 2.07. The van der Waals surface area contributed by atoms with Crippen LogP contribution in [0.4, 0.5) is 0 Å². The molecule has 1 aliphatic heterocycles. The first-order valence-electron chi connectivity index (χ1n) is 7.80. The van der Waals surface area contributed by atoms with E-state index in [0.29, 0.717) is 30.7 Å². The highest BCUT2D eigenvalue weighted by molar-refractivity contribution is 5.76. The minimum atomic E-state index is 0.0341. The van der Waals surface area contributed by atoms with Crippen LogP contribution in [-0.2, 0) is 11.3 Å². The Hall–Kier alpha value is -2.41. The number of nitrogens with one attached hydrogen (secondary N) is 3. The smallest absolute Gasteiger partial charge is 0.221 e. The first-order valence-corrected chi connectivity index (χ1v) is 7.80. The van der Waals surface area contributed by atoms with Crippen molar-refractivity contribution in [2.75, 3.05) is 13.7 Å². The molecule has 2 heterocycles. The van der Waals surface area contributed by atoms with E-state index in [1.54, 1.807) is 7.11 Å². The van der Waals surface area contributed by atoms with Gasteiger partial charge < -0.3 is 15.4 Å². The number of ether oxygens (including phenoxy) is 1. The van der Waals surface area contributed by atoms with Crippen molar-refractivity contribution >= 4 is 5.91 Å². The van der Waals surface area contributed by atoms with Gasteiger partial charge in [-0.25, -0.2) is 4.98 Å². The Morgan fingerprint density at radius 2 is 2.22 bits per heavy atom. The molecule has 7 nitrogen and oxygen atoms in total. The average molecular weight is 315 g/mol. The van der Waals surface area contributed by atoms with Gasteiger partial charge in [0, 0.05) is 18.0 Å². The number of H-pyrrole nitrogens is 1. The Morgan fingerprint density at radius 3 is 2.91 bits per heavy atom. The van der Waals surface area contributed by atoms with Crippen molar-refractivity contribution < 1.29 is 9.53 Å². The first kappa shape index (κ1) is 15.5. The topological polar surface area (TPSA) is 91.9 Å². The van der Waals surface area contributed by atoms with E-state index >= 15 is 0 Å². The number of amides is 1. The monoisotopic (exact) mass is 315 g/mol. The lowest BCUT2D eigenvalue weighted by atomic mass is 10.1. The summed E-state index contributed by atoms with van der Waals surface area (Å²) in [6.07, 6.45) is 2.72. The van der Waals surface area contributed by atoms with Gasteiger partial charge in [-0.1, -0.05) is 0 Å². The standard InChI is InChI=1S/C16H21N5O2/c1-23-13-6-4-11(5-7-13)16-19-14(20-21-16)10-18-15(22)9-12-3-2-8-17-12/h4-7,12,17H,2-3,8-10H2,1H3,(H,18,22)(H,19,20,21). The zero-order valence-corrected chi connectivity index (χ0v) is 13.1. The van der Waals surface area contributed by atoms with E-state index in [1.807, 2.05) is 24.3 Å². The Bertz CT molecular complexity index is 647. The number of aromatic nitrogens is 3. The fourth-order valence-corrected chi connectivity index (χ4v) is 2.65. The summed E-state index contributed by atoms with van der Waals surface area (Å²) in [5, 5.41) is 13.2. The quantitative estimate of drug-likeness (QED) is 0.746. The fourth-order valence-electron chi connectivity index (χ4n) is 2.65. The number of carbonyl (C=O) groups is 1. The number of methoxy groups -OCH3 is 1. The summed E-state index contributed by atoms with van der Waals surface area (Å²) in [4.78, 5) is 16.3. The van der Waals surface area contributed by atoms with Crippen LogP contribution in [0, 0.1) is 0 Å². The maximum absolute atomic E-state index is 11.9. The van der Waals surface area contributed by atoms with Gasteiger partial charge in [-0.15, -0.1) is 0 Å². The number of aromatic amines is 1. The maximum atomic E-state index is 11.9. The third-order valence-corrected chi connectivity index (χ3v) is 3.93. The zero-order chi connectivity index (χ0) is 16.1. The molecule has 0 spiro atoms. The third-order valence-electron chi connectivity index (χ3n) is 3.93. The van der Waals surface area contributed by atoms with Gasteiger partial charge in [0.2, 0.25) is 5.91 Å². The summed E-state index contributed by atoms with van der Waals surface area (Å²) in [6, 6.07) is 7.83. The third kappa shape index (κ3) is 4.07. The molecule has 0 radical (unpaired) electrons. The van der Waals surface area contributed by atoms with Crippen molar-refractivity contribution in [3.8, 4) is 17.1 Å². The Labute approximate surface area is 134 Å². The summed E-state index contributed by atoms with van der Waals surface area (Å²) >= 11 is 0. The highest BCUT2D eigenvalue weighted by Crippen LogP contribution is 2.18. The van der Waals surface area contributed by atoms with E-state index in [0.717, 1.165) is 30.7 Å². The molecule has 1 aromatic heterocycles. The molecule has 1 unspecified atom stereocenters. The van der Waals surface area contributed by atoms with Crippen molar-refractivity contribution in [2.45, 2.75) is 31.8 Å². The lowest BCUT2D eigenvalue weighted by molar-refractivity contribution is -0.121. The number of hydrogen-bond donors (Lipinski definition) is 3. The van der Waals surface area contributed by atoms with E-state index in [-0.39, 0.29) is 5.91 Å². The molecule has 1 aromatic carbocycles. The molecule has 23 heavy (non-hydrogen) atoms. The highest BCUT2D eigenvalue weighted by Gasteiger charge is 2.17. The molecule has 1 atom stereocenters. The van der Waals surface area contributed by atoms with Gasteiger partial charge in [0.05, 0.1) is 13.7 Å². The van der Waals surface area contributed by atoms with Gasteiger partial charge in [-0.05, 0) is 43.7 Å². The number of nitrogens with zero attached hydrogens (tertiary/aromatic N) is 2. The molecule has 1 aliphatic rings. The summed E-state index contributed by atoms with van der Waals surface area (Å²) in [7, 11) is 1.63. The van der Waals surface area contributed by atoms with Gasteiger partial charge in [-0.3, -0.25) is 9.89 Å². The second kappa shape index (κ2) is 7.23. The van der Waals surface area contributed by atoms with Crippen LogP contribution in [0.15, 0.2) is 24.3 Å². The summed E-state index contributed by atoms with van der Waals surface area (Å²) in [5.41, 5.74) is 0.898. The van der Waals surface area contributed by atoms with E-state index < -0.39 is 0 Å². The Morgan fingerprint density at radius 1 is 1.39 bits per heavy atom. The molecule has 3 rings (SSSR count). The predicted octanol–water partition coefficient (Wildman–Crippen LogP) is 1.24. The van der Waals surface area contributed by atoms with Crippen LogP contribution in [0.1, 0.15) is 25.1 Å². The van der Waals surface area contributed by atoms with E-state index in [4.69, 9.17) is 4.74 Å². The summed E-state index contributed by atoms with van der Waals surface area (Å²) in [6.45, 7) is 1.36. The van der Waals surface area contributed by atoms with Crippen molar-refractivity contribution in [1.29, 1.82) is 0 Å². The summed E-state index contributed by atoms with van der Waals surface area (Å²) < 4.78 is 5.13. The minimum Gasteiger partial charge on any atom is -0.497 e. The van der Waals surface area contributed by atoms with Crippen LogP contribution in [-0.4, -0.2) is 40.8 Å². The molecule has 0 saturated carbocycles. The zero-order valence-electron chi connectivity index (χ0n) is 13.1. The van der Waals surface area contributed by atoms with Crippen molar-refractivity contribution in [3.05, 3.63) is 30.1 Å². The van der Waals surface area contributed by atoms with E-state index in [1.165, 1.54) is 0 Å². The molecular weight excluding hydrogens is 294 g/mol. The molecule has 1 saturated heterocycles. The van der Waals surface area contributed by atoms with E-state index in [2.05, 4.69) is 25.8 Å². The fraction of sp³-hybridized carbons (Fsp3) is 0.438.